The van der Waals surface area contributed by atoms with E-state index in [4.69, 9.17) is 16.3 Å². The highest BCUT2D eigenvalue weighted by atomic mass is 35.5. The first-order valence-electron chi connectivity index (χ1n) is 5.33. The zero-order valence-electron chi connectivity index (χ0n) is 9.48. The molecule has 0 spiro atoms. The van der Waals surface area contributed by atoms with Crippen molar-refractivity contribution in [1.82, 2.24) is 0 Å². The summed E-state index contributed by atoms with van der Waals surface area (Å²) < 4.78 is 5.36. The molecule has 0 bridgehead atoms. The van der Waals surface area contributed by atoms with Crippen molar-refractivity contribution < 1.29 is 14.9 Å². The Bertz CT molecular complexity index is 339. The first-order valence-corrected chi connectivity index (χ1v) is 5.70. The smallest absolute Gasteiger partial charge is 0.138 e. The van der Waals surface area contributed by atoms with Gasteiger partial charge in [-0.05, 0) is 31.0 Å². The topological polar surface area (TPSA) is 49.7 Å². The summed E-state index contributed by atoms with van der Waals surface area (Å²) in [6.07, 6.45) is -0.385. The number of rotatable bonds is 5. The molecule has 0 fully saturated rings. The van der Waals surface area contributed by atoms with Crippen LogP contribution in [0.4, 0.5) is 0 Å². The predicted octanol–water partition coefficient (Wildman–Crippen LogP) is 2.54. The van der Waals surface area contributed by atoms with Gasteiger partial charge in [0.2, 0.25) is 0 Å². The summed E-state index contributed by atoms with van der Waals surface area (Å²) in [5, 5.41) is 19.1. The maximum absolute atomic E-state index is 9.36. The Hall–Kier alpha value is -0.770. The van der Waals surface area contributed by atoms with Crippen molar-refractivity contribution in [3.63, 3.8) is 0 Å². The number of halogens is 1. The second-order valence-electron chi connectivity index (χ2n) is 3.74. The minimum atomic E-state index is -0.548. The molecule has 0 aliphatic rings. The number of benzene rings is 1. The number of aliphatic hydroxyl groups excluding tert-OH is 2. The Balaban J connectivity index is 2.68. The Labute approximate surface area is 101 Å². The molecule has 0 radical (unpaired) electrons. The molecule has 90 valence electrons. The molecule has 0 saturated carbocycles. The van der Waals surface area contributed by atoms with Crippen LogP contribution in [-0.2, 0) is 0 Å². The van der Waals surface area contributed by atoms with Gasteiger partial charge in [-0.15, -0.1) is 0 Å². The van der Waals surface area contributed by atoms with Gasteiger partial charge in [0.1, 0.15) is 12.4 Å². The lowest BCUT2D eigenvalue weighted by molar-refractivity contribution is 0.104. The van der Waals surface area contributed by atoms with Gasteiger partial charge >= 0.3 is 0 Å². The highest BCUT2D eigenvalue weighted by Crippen LogP contribution is 2.27. The van der Waals surface area contributed by atoms with Crippen LogP contribution >= 0.6 is 11.6 Å². The van der Waals surface area contributed by atoms with E-state index in [2.05, 4.69) is 0 Å². The molecule has 0 saturated heterocycles. The zero-order chi connectivity index (χ0) is 12.1. The molecule has 16 heavy (non-hydrogen) atoms. The third-order valence-electron chi connectivity index (χ3n) is 2.34. The van der Waals surface area contributed by atoms with Gasteiger partial charge in [0.15, 0.2) is 0 Å². The standard InChI is InChI=1S/C12H17ClO3/c1-3-10(15)7-16-12-5-4-9(8(2)14)6-11(12)13/h4-6,8,10,14-15H,3,7H2,1-2H3/t8-,10?/m1/s1. The molecule has 2 atom stereocenters. The van der Waals surface area contributed by atoms with E-state index >= 15 is 0 Å². The molecular formula is C12H17ClO3. The van der Waals surface area contributed by atoms with Crippen LogP contribution in [0.5, 0.6) is 5.75 Å². The summed E-state index contributed by atoms with van der Waals surface area (Å²) in [6.45, 7) is 3.78. The number of aliphatic hydroxyl groups is 2. The average molecular weight is 245 g/mol. The second kappa shape index (κ2) is 6.09. The van der Waals surface area contributed by atoms with Crippen LogP contribution in [0.15, 0.2) is 18.2 Å². The monoisotopic (exact) mass is 244 g/mol. The molecule has 0 heterocycles. The van der Waals surface area contributed by atoms with Crippen molar-refractivity contribution in [3.8, 4) is 5.75 Å². The fourth-order valence-corrected chi connectivity index (χ4v) is 1.44. The molecule has 0 amide bonds. The fraction of sp³-hybridized carbons (Fsp3) is 0.500. The van der Waals surface area contributed by atoms with E-state index in [1.165, 1.54) is 0 Å². The van der Waals surface area contributed by atoms with Crippen molar-refractivity contribution in [2.24, 2.45) is 0 Å². The lowest BCUT2D eigenvalue weighted by atomic mass is 10.1. The number of hydrogen-bond donors (Lipinski definition) is 2. The van der Waals surface area contributed by atoms with Gasteiger partial charge in [-0.2, -0.15) is 0 Å². The predicted molar refractivity (Wildman–Crippen MR) is 63.9 cm³/mol. The largest absolute Gasteiger partial charge is 0.489 e. The molecule has 0 aromatic heterocycles. The Morgan fingerprint density at radius 3 is 2.56 bits per heavy atom. The molecule has 1 aromatic rings. The van der Waals surface area contributed by atoms with E-state index in [-0.39, 0.29) is 6.61 Å². The molecule has 1 rings (SSSR count). The van der Waals surface area contributed by atoms with E-state index in [9.17, 15) is 10.2 Å². The fourth-order valence-electron chi connectivity index (χ4n) is 1.20. The summed E-state index contributed by atoms with van der Waals surface area (Å²) in [4.78, 5) is 0. The van der Waals surface area contributed by atoms with Crippen molar-refractivity contribution in [2.45, 2.75) is 32.5 Å². The molecule has 0 aliphatic heterocycles. The third-order valence-corrected chi connectivity index (χ3v) is 2.64. The van der Waals surface area contributed by atoms with Crippen LogP contribution in [0, 0.1) is 0 Å². The minimum absolute atomic E-state index is 0.226. The summed E-state index contributed by atoms with van der Waals surface area (Å²) in [5.41, 5.74) is 0.744. The third kappa shape index (κ3) is 3.67. The average Bonchev–Trinajstić information content (AvgIpc) is 2.26. The first kappa shape index (κ1) is 13.3. The van der Waals surface area contributed by atoms with Crippen LogP contribution < -0.4 is 4.74 Å². The summed E-state index contributed by atoms with van der Waals surface area (Å²) >= 11 is 5.98. The van der Waals surface area contributed by atoms with Gasteiger partial charge in [0.05, 0.1) is 17.2 Å². The molecule has 2 N–H and O–H groups in total. The Kier molecular flexibility index (Phi) is 5.06. The number of hydrogen-bond acceptors (Lipinski definition) is 3. The van der Waals surface area contributed by atoms with Crippen molar-refractivity contribution in [1.29, 1.82) is 0 Å². The molecular weight excluding hydrogens is 228 g/mol. The maximum Gasteiger partial charge on any atom is 0.138 e. The van der Waals surface area contributed by atoms with E-state index in [0.717, 1.165) is 5.56 Å². The van der Waals surface area contributed by atoms with Gasteiger partial charge in [0.25, 0.3) is 0 Å². The zero-order valence-corrected chi connectivity index (χ0v) is 10.2. The highest BCUT2D eigenvalue weighted by molar-refractivity contribution is 6.32. The lowest BCUT2D eigenvalue weighted by Crippen LogP contribution is -2.16. The minimum Gasteiger partial charge on any atom is -0.489 e. The van der Waals surface area contributed by atoms with Crippen molar-refractivity contribution in [2.75, 3.05) is 6.61 Å². The molecule has 1 aromatic carbocycles. The lowest BCUT2D eigenvalue weighted by Gasteiger charge is -2.13. The van der Waals surface area contributed by atoms with Gasteiger partial charge in [-0.3, -0.25) is 0 Å². The quantitative estimate of drug-likeness (QED) is 0.837. The van der Waals surface area contributed by atoms with E-state index in [1.54, 1.807) is 25.1 Å². The SMILES string of the molecule is CCC(O)COc1ccc([C@@H](C)O)cc1Cl. The summed E-state index contributed by atoms with van der Waals surface area (Å²) in [5.74, 6) is 0.526. The highest BCUT2D eigenvalue weighted by Gasteiger charge is 2.08. The van der Waals surface area contributed by atoms with Gasteiger partial charge in [-0.25, -0.2) is 0 Å². The van der Waals surface area contributed by atoms with Crippen LogP contribution in [0.25, 0.3) is 0 Å². The van der Waals surface area contributed by atoms with Crippen LogP contribution in [0.1, 0.15) is 31.9 Å². The maximum atomic E-state index is 9.36. The molecule has 0 aliphatic carbocycles. The van der Waals surface area contributed by atoms with Crippen LogP contribution in [-0.4, -0.2) is 22.9 Å². The van der Waals surface area contributed by atoms with Crippen molar-refractivity contribution in [3.05, 3.63) is 28.8 Å². The van der Waals surface area contributed by atoms with Crippen LogP contribution in [0.2, 0.25) is 5.02 Å². The molecule has 3 nitrogen and oxygen atoms in total. The summed E-state index contributed by atoms with van der Waals surface area (Å²) in [6, 6.07) is 5.12. The Morgan fingerprint density at radius 1 is 1.38 bits per heavy atom. The normalized spacial score (nSPS) is 14.6. The first-order chi connectivity index (χ1) is 7.54. The van der Waals surface area contributed by atoms with E-state index in [1.807, 2.05) is 6.92 Å². The van der Waals surface area contributed by atoms with E-state index < -0.39 is 12.2 Å². The van der Waals surface area contributed by atoms with Gasteiger partial charge < -0.3 is 14.9 Å². The number of ether oxygens (including phenoxy) is 1. The van der Waals surface area contributed by atoms with E-state index in [0.29, 0.717) is 17.2 Å². The molecule has 1 unspecified atom stereocenters. The van der Waals surface area contributed by atoms with Gasteiger partial charge in [-0.1, -0.05) is 24.6 Å². The van der Waals surface area contributed by atoms with Gasteiger partial charge in [0, 0.05) is 0 Å². The Morgan fingerprint density at radius 2 is 2.06 bits per heavy atom. The summed E-state index contributed by atoms with van der Waals surface area (Å²) in [7, 11) is 0. The van der Waals surface area contributed by atoms with Crippen molar-refractivity contribution >= 4 is 11.6 Å². The molecule has 4 heteroatoms. The second-order valence-corrected chi connectivity index (χ2v) is 4.15. The van der Waals surface area contributed by atoms with Crippen LogP contribution in [0.3, 0.4) is 0 Å².